The van der Waals surface area contributed by atoms with Gasteiger partial charge in [0.25, 0.3) is 5.56 Å². The van der Waals surface area contributed by atoms with Crippen molar-refractivity contribution in [3.63, 3.8) is 0 Å². The van der Waals surface area contributed by atoms with E-state index in [0.29, 0.717) is 12.0 Å². The summed E-state index contributed by atoms with van der Waals surface area (Å²) in [6.45, 7) is 0. The van der Waals surface area contributed by atoms with Crippen LogP contribution < -0.4 is 5.56 Å². The van der Waals surface area contributed by atoms with E-state index >= 15 is 0 Å². The summed E-state index contributed by atoms with van der Waals surface area (Å²) in [6.07, 6.45) is 3.38. The Morgan fingerprint density at radius 2 is 2.28 bits per heavy atom. The van der Waals surface area contributed by atoms with Crippen molar-refractivity contribution in [1.29, 1.82) is 0 Å². The molecule has 1 heterocycles. The van der Waals surface area contributed by atoms with E-state index in [1.807, 2.05) is 6.07 Å². The molecule has 1 aromatic carbocycles. The third-order valence-corrected chi connectivity index (χ3v) is 2.42. The summed E-state index contributed by atoms with van der Waals surface area (Å²) in [4.78, 5) is 15.6. The Hall–Kier alpha value is -2.54. The van der Waals surface area contributed by atoms with Crippen molar-refractivity contribution in [2.24, 2.45) is 7.05 Å². The maximum atomic E-state index is 11.6. The molecule has 0 saturated carbocycles. The van der Waals surface area contributed by atoms with Crippen LogP contribution in [0.2, 0.25) is 0 Å². The second kappa shape index (κ2) is 5.19. The molecule has 0 bridgehead atoms. The number of aryl methyl sites for hydroxylation is 1. The highest BCUT2D eigenvalue weighted by atomic mass is 16.3. The van der Waals surface area contributed by atoms with E-state index in [9.17, 15) is 9.90 Å². The van der Waals surface area contributed by atoms with E-state index in [0.717, 1.165) is 5.56 Å². The summed E-state index contributed by atoms with van der Waals surface area (Å²) in [5.74, 6) is 5.91. The second-order valence-electron chi connectivity index (χ2n) is 3.87. The van der Waals surface area contributed by atoms with Gasteiger partial charge in [0.05, 0.1) is 6.33 Å². The number of phenols is 1. The fourth-order valence-electron chi connectivity index (χ4n) is 1.50. The quantitative estimate of drug-likeness (QED) is 0.759. The van der Waals surface area contributed by atoms with Crippen LogP contribution in [0.15, 0.2) is 41.6 Å². The Balaban J connectivity index is 2.18. The monoisotopic (exact) mass is 240 g/mol. The lowest BCUT2D eigenvalue weighted by molar-refractivity contribution is 0.475. The molecule has 18 heavy (non-hydrogen) atoms. The lowest BCUT2D eigenvalue weighted by Gasteiger charge is -1.96. The minimum Gasteiger partial charge on any atom is -0.508 e. The van der Waals surface area contributed by atoms with Crippen molar-refractivity contribution in [3.05, 3.63) is 58.3 Å². The topological polar surface area (TPSA) is 55.1 Å². The first kappa shape index (κ1) is 11.9. The molecule has 0 aliphatic carbocycles. The maximum Gasteiger partial charge on any atom is 0.268 e. The summed E-state index contributed by atoms with van der Waals surface area (Å²) in [5, 5.41) is 9.30. The molecule has 90 valence electrons. The van der Waals surface area contributed by atoms with Crippen molar-refractivity contribution in [2.45, 2.75) is 6.42 Å². The molecule has 2 rings (SSSR count). The highest BCUT2D eigenvalue weighted by Gasteiger charge is 1.96. The van der Waals surface area contributed by atoms with Crippen molar-refractivity contribution in [3.8, 4) is 17.6 Å². The number of rotatable bonds is 1. The fourth-order valence-corrected chi connectivity index (χ4v) is 1.50. The first-order valence-electron chi connectivity index (χ1n) is 5.44. The van der Waals surface area contributed by atoms with Crippen LogP contribution in [0.4, 0.5) is 0 Å². The van der Waals surface area contributed by atoms with Crippen LogP contribution in [0.3, 0.4) is 0 Å². The molecule has 0 aliphatic rings. The van der Waals surface area contributed by atoms with E-state index in [1.165, 1.54) is 17.1 Å². The van der Waals surface area contributed by atoms with Crippen LogP contribution in [0.1, 0.15) is 11.1 Å². The SMILES string of the molecule is Cn1cncc(C#CCc2cccc(O)c2)c1=O. The van der Waals surface area contributed by atoms with Crippen molar-refractivity contribution < 1.29 is 5.11 Å². The third kappa shape index (κ3) is 2.77. The highest BCUT2D eigenvalue weighted by molar-refractivity contribution is 5.34. The molecule has 0 radical (unpaired) electrons. The minimum atomic E-state index is -0.159. The van der Waals surface area contributed by atoms with Crippen LogP contribution in [-0.2, 0) is 13.5 Å². The predicted octanol–water partition coefficient (Wildman–Crippen LogP) is 1.08. The molecule has 4 heteroatoms. The lowest BCUT2D eigenvalue weighted by Crippen LogP contribution is -2.19. The zero-order valence-corrected chi connectivity index (χ0v) is 9.92. The zero-order chi connectivity index (χ0) is 13.0. The maximum absolute atomic E-state index is 11.6. The molecule has 0 atom stereocenters. The van der Waals surface area contributed by atoms with Crippen LogP contribution in [0, 0.1) is 11.8 Å². The molecule has 0 amide bonds. The number of benzene rings is 1. The second-order valence-corrected chi connectivity index (χ2v) is 3.87. The fraction of sp³-hybridized carbons (Fsp3) is 0.143. The molecule has 0 aliphatic heterocycles. The molecule has 0 saturated heterocycles. The molecule has 2 aromatic rings. The molecule has 1 N–H and O–H groups in total. The van der Waals surface area contributed by atoms with Crippen molar-refractivity contribution >= 4 is 0 Å². The Kier molecular flexibility index (Phi) is 3.44. The molecule has 0 fully saturated rings. The Bertz CT molecular complexity index is 678. The van der Waals surface area contributed by atoms with Gasteiger partial charge < -0.3 is 9.67 Å². The van der Waals surface area contributed by atoms with E-state index in [1.54, 1.807) is 25.2 Å². The van der Waals surface area contributed by atoms with Crippen LogP contribution in [-0.4, -0.2) is 14.7 Å². The number of hydrogen-bond donors (Lipinski definition) is 1. The van der Waals surface area contributed by atoms with E-state index in [4.69, 9.17) is 0 Å². The Labute approximate surface area is 105 Å². The summed E-state index contributed by atoms with van der Waals surface area (Å²) in [6, 6.07) is 6.88. The van der Waals surface area contributed by atoms with Gasteiger partial charge in [0.1, 0.15) is 11.3 Å². The minimum absolute atomic E-state index is 0.159. The van der Waals surface area contributed by atoms with Gasteiger partial charge >= 0.3 is 0 Å². The Morgan fingerprint density at radius 3 is 3.06 bits per heavy atom. The summed E-state index contributed by atoms with van der Waals surface area (Å²) < 4.78 is 1.39. The van der Waals surface area contributed by atoms with Gasteiger partial charge in [-0.15, -0.1) is 0 Å². The molecular formula is C14H12N2O2. The average molecular weight is 240 g/mol. The molecule has 0 unspecified atom stereocenters. The number of aromatic hydroxyl groups is 1. The van der Waals surface area contributed by atoms with Crippen LogP contribution >= 0.6 is 0 Å². The van der Waals surface area contributed by atoms with Crippen molar-refractivity contribution in [2.75, 3.05) is 0 Å². The first-order valence-corrected chi connectivity index (χ1v) is 5.44. The van der Waals surface area contributed by atoms with E-state index in [2.05, 4.69) is 16.8 Å². The van der Waals surface area contributed by atoms with Gasteiger partial charge in [-0.3, -0.25) is 4.79 Å². The molecule has 4 nitrogen and oxygen atoms in total. The van der Waals surface area contributed by atoms with Gasteiger partial charge in [-0.25, -0.2) is 4.98 Å². The molecular weight excluding hydrogens is 228 g/mol. The van der Waals surface area contributed by atoms with Gasteiger partial charge in [0.2, 0.25) is 0 Å². The molecule has 1 aromatic heterocycles. The standard InChI is InChI=1S/C14H12N2O2/c1-16-10-15-9-12(14(16)18)6-2-4-11-5-3-7-13(17)8-11/h3,5,7-10,17H,4H2,1H3. The zero-order valence-electron chi connectivity index (χ0n) is 9.92. The lowest BCUT2D eigenvalue weighted by atomic mass is 10.1. The van der Waals surface area contributed by atoms with Gasteiger partial charge in [0.15, 0.2) is 0 Å². The first-order chi connectivity index (χ1) is 8.66. The number of hydrogen-bond acceptors (Lipinski definition) is 3. The largest absolute Gasteiger partial charge is 0.508 e. The van der Waals surface area contributed by atoms with Gasteiger partial charge in [0, 0.05) is 19.7 Å². The highest BCUT2D eigenvalue weighted by Crippen LogP contribution is 2.10. The van der Waals surface area contributed by atoms with Gasteiger partial charge in [-0.05, 0) is 17.7 Å². The smallest absolute Gasteiger partial charge is 0.268 e. The van der Waals surface area contributed by atoms with Gasteiger partial charge in [-0.2, -0.15) is 0 Å². The summed E-state index contributed by atoms with van der Waals surface area (Å²) >= 11 is 0. The Morgan fingerprint density at radius 1 is 1.44 bits per heavy atom. The third-order valence-electron chi connectivity index (χ3n) is 2.42. The van der Waals surface area contributed by atoms with E-state index < -0.39 is 0 Å². The summed E-state index contributed by atoms with van der Waals surface area (Å²) in [5.41, 5.74) is 1.12. The van der Waals surface area contributed by atoms with E-state index in [-0.39, 0.29) is 11.3 Å². The van der Waals surface area contributed by atoms with Crippen LogP contribution in [0.5, 0.6) is 5.75 Å². The average Bonchev–Trinajstić information content (AvgIpc) is 2.35. The van der Waals surface area contributed by atoms with Crippen LogP contribution in [0.25, 0.3) is 0 Å². The molecule has 0 spiro atoms. The number of aromatic nitrogens is 2. The summed E-state index contributed by atoms with van der Waals surface area (Å²) in [7, 11) is 1.63. The predicted molar refractivity (Wildman–Crippen MR) is 68.2 cm³/mol. The normalized spacial score (nSPS) is 9.61. The number of phenolic OH excluding ortho intramolecular Hbond substituents is 1. The number of nitrogens with zero attached hydrogens (tertiary/aromatic N) is 2. The van der Waals surface area contributed by atoms with Crippen molar-refractivity contribution in [1.82, 2.24) is 9.55 Å². The van der Waals surface area contributed by atoms with Gasteiger partial charge in [-0.1, -0.05) is 24.0 Å².